The molecular formula is C15H15ClO5. The summed E-state index contributed by atoms with van der Waals surface area (Å²) in [6.07, 6.45) is 0.713. The molecule has 0 radical (unpaired) electrons. The Labute approximate surface area is 126 Å². The monoisotopic (exact) mass is 310 g/mol. The van der Waals surface area contributed by atoms with Crippen LogP contribution in [0.3, 0.4) is 0 Å². The highest BCUT2D eigenvalue weighted by Crippen LogP contribution is 2.44. The molecule has 0 aliphatic carbocycles. The van der Waals surface area contributed by atoms with E-state index in [9.17, 15) is 14.7 Å². The Kier molecular flexibility index (Phi) is 3.87. The minimum atomic E-state index is -0.994. The molecule has 2 heterocycles. The molecule has 3 rings (SSSR count). The number of fused-ring (bicyclic) bond motifs is 2. The first kappa shape index (κ1) is 14.4. The van der Waals surface area contributed by atoms with Crippen LogP contribution in [0.25, 0.3) is 0 Å². The van der Waals surface area contributed by atoms with Crippen molar-refractivity contribution < 1.29 is 24.2 Å². The van der Waals surface area contributed by atoms with Crippen LogP contribution in [-0.2, 0) is 25.7 Å². The van der Waals surface area contributed by atoms with E-state index in [1.165, 1.54) is 0 Å². The van der Waals surface area contributed by atoms with Crippen LogP contribution < -0.4 is 0 Å². The number of benzene rings is 1. The molecule has 21 heavy (non-hydrogen) atoms. The number of aliphatic carboxylic acids is 1. The lowest BCUT2D eigenvalue weighted by Crippen LogP contribution is -2.39. The fourth-order valence-corrected chi connectivity index (χ4v) is 3.38. The van der Waals surface area contributed by atoms with Crippen molar-refractivity contribution in [3.63, 3.8) is 0 Å². The summed E-state index contributed by atoms with van der Waals surface area (Å²) in [4.78, 5) is 23.5. The molecule has 2 aliphatic rings. The molecule has 5 nitrogen and oxygen atoms in total. The van der Waals surface area contributed by atoms with Gasteiger partial charge in [-0.2, -0.15) is 0 Å². The maximum Gasteiger partial charge on any atom is 0.312 e. The number of hydrogen-bond donors (Lipinski definition) is 1. The predicted octanol–water partition coefficient (Wildman–Crippen LogP) is 2.26. The van der Waals surface area contributed by atoms with Crippen molar-refractivity contribution >= 4 is 23.5 Å². The Morgan fingerprint density at radius 2 is 2.00 bits per heavy atom. The maximum absolute atomic E-state index is 12.2. The number of esters is 1. The maximum atomic E-state index is 12.2. The van der Waals surface area contributed by atoms with Crippen LogP contribution >= 0.6 is 11.6 Å². The molecule has 0 spiro atoms. The molecule has 0 aromatic heterocycles. The van der Waals surface area contributed by atoms with Gasteiger partial charge in [-0.3, -0.25) is 9.59 Å². The summed E-state index contributed by atoms with van der Waals surface area (Å²) in [5.74, 6) is -3.00. The van der Waals surface area contributed by atoms with Crippen LogP contribution in [0.15, 0.2) is 24.3 Å². The van der Waals surface area contributed by atoms with E-state index in [-0.39, 0.29) is 18.8 Å². The van der Waals surface area contributed by atoms with Crippen molar-refractivity contribution in [3.8, 4) is 0 Å². The molecule has 1 aromatic carbocycles. The van der Waals surface area contributed by atoms with Gasteiger partial charge in [0.15, 0.2) is 0 Å². The molecule has 0 amide bonds. The smallest absolute Gasteiger partial charge is 0.312 e. The van der Waals surface area contributed by atoms with Crippen molar-refractivity contribution in [2.45, 2.75) is 31.7 Å². The predicted molar refractivity (Wildman–Crippen MR) is 73.8 cm³/mol. The van der Waals surface area contributed by atoms with Gasteiger partial charge < -0.3 is 14.6 Å². The highest BCUT2D eigenvalue weighted by Gasteiger charge is 2.56. The molecule has 112 valence electrons. The fraction of sp³-hybridized carbons (Fsp3) is 0.467. The molecule has 2 aliphatic heterocycles. The number of ether oxygens (including phenoxy) is 2. The summed E-state index contributed by atoms with van der Waals surface area (Å²) in [5.41, 5.74) is 0.770. The summed E-state index contributed by atoms with van der Waals surface area (Å²) in [7, 11) is 0. The first-order chi connectivity index (χ1) is 10.1. The van der Waals surface area contributed by atoms with Gasteiger partial charge in [-0.15, -0.1) is 0 Å². The van der Waals surface area contributed by atoms with E-state index in [0.717, 1.165) is 5.56 Å². The number of carboxylic acids is 1. The number of halogens is 1. The fourth-order valence-electron chi connectivity index (χ4n) is 3.17. The summed E-state index contributed by atoms with van der Waals surface area (Å²) < 4.78 is 10.8. The van der Waals surface area contributed by atoms with Gasteiger partial charge >= 0.3 is 11.9 Å². The molecule has 1 aromatic rings. The first-order valence-corrected chi connectivity index (χ1v) is 7.23. The average molecular weight is 311 g/mol. The van der Waals surface area contributed by atoms with E-state index in [4.69, 9.17) is 21.1 Å². The molecule has 2 saturated heterocycles. The topological polar surface area (TPSA) is 72.8 Å². The number of rotatable bonds is 4. The van der Waals surface area contributed by atoms with Crippen molar-refractivity contribution in [1.29, 1.82) is 0 Å². The minimum Gasteiger partial charge on any atom is -0.481 e. The number of carboxylic acid groups (broad SMARTS) is 1. The third-order valence-corrected chi connectivity index (χ3v) is 4.34. The zero-order valence-electron chi connectivity index (χ0n) is 11.2. The summed E-state index contributed by atoms with van der Waals surface area (Å²) >= 11 is 5.87. The molecule has 2 bridgehead atoms. The van der Waals surface area contributed by atoms with E-state index in [2.05, 4.69) is 0 Å². The number of hydrogen-bond acceptors (Lipinski definition) is 4. The second-order valence-corrected chi connectivity index (χ2v) is 5.85. The minimum absolute atomic E-state index is 0.0830. The SMILES string of the molecule is O=C(O)C1C(C(=O)OCc2cccc(Cl)c2)[C@H]2CC[C@@H]1O2. The summed E-state index contributed by atoms with van der Waals surface area (Å²) in [6, 6.07) is 7.01. The van der Waals surface area contributed by atoms with Crippen molar-refractivity contribution in [2.24, 2.45) is 11.8 Å². The van der Waals surface area contributed by atoms with Crippen molar-refractivity contribution in [3.05, 3.63) is 34.9 Å². The van der Waals surface area contributed by atoms with Gasteiger partial charge in [-0.25, -0.2) is 0 Å². The standard InChI is InChI=1S/C15H15ClO5/c16-9-3-1-2-8(6-9)7-20-15(19)13-11-5-4-10(21-11)12(13)14(17)18/h1-3,6,10-13H,4-5,7H2,(H,17,18)/t10-,11+,12?,13?/m0/s1. The van der Waals surface area contributed by atoms with Crippen LogP contribution in [0.1, 0.15) is 18.4 Å². The Morgan fingerprint density at radius 3 is 2.67 bits per heavy atom. The summed E-state index contributed by atoms with van der Waals surface area (Å²) in [6.45, 7) is 0.0830. The highest BCUT2D eigenvalue weighted by atomic mass is 35.5. The van der Waals surface area contributed by atoms with Crippen LogP contribution in [0.5, 0.6) is 0 Å². The normalized spacial score (nSPS) is 30.3. The quantitative estimate of drug-likeness (QED) is 0.864. The van der Waals surface area contributed by atoms with Crippen LogP contribution in [-0.4, -0.2) is 29.3 Å². The number of carbonyl (C=O) groups is 2. The van der Waals surface area contributed by atoms with Crippen LogP contribution in [0.4, 0.5) is 0 Å². The Balaban J connectivity index is 1.66. The Hall–Kier alpha value is -1.59. The zero-order valence-corrected chi connectivity index (χ0v) is 12.0. The van der Waals surface area contributed by atoms with Crippen molar-refractivity contribution in [2.75, 3.05) is 0 Å². The Morgan fingerprint density at radius 1 is 1.29 bits per heavy atom. The van der Waals surface area contributed by atoms with Gasteiger partial charge in [-0.05, 0) is 30.5 Å². The second-order valence-electron chi connectivity index (χ2n) is 5.42. The van der Waals surface area contributed by atoms with E-state index in [0.29, 0.717) is 17.9 Å². The summed E-state index contributed by atoms with van der Waals surface area (Å²) in [5, 5.41) is 9.84. The van der Waals surface area contributed by atoms with E-state index in [1.54, 1.807) is 24.3 Å². The third-order valence-electron chi connectivity index (χ3n) is 4.10. The lowest BCUT2D eigenvalue weighted by atomic mass is 9.79. The van der Waals surface area contributed by atoms with Crippen molar-refractivity contribution in [1.82, 2.24) is 0 Å². The van der Waals surface area contributed by atoms with Gasteiger partial charge in [-0.1, -0.05) is 23.7 Å². The van der Waals surface area contributed by atoms with Gasteiger partial charge in [0.2, 0.25) is 0 Å². The second kappa shape index (κ2) is 5.66. The van der Waals surface area contributed by atoms with E-state index >= 15 is 0 Å². The van der Waals surface area contributed by atoms with E-state index in [1.807, 2.05) is 0 Å². The molecule has 4 atom stereocenters. The van der Waals surface area contributed by atoms with Gasteiger partial charge in [0.1, 0.15) is 6.61 Å². The lowest BCUT2D eigenvalue weighted by Gasteiger charge is -2.23. The lowest BCUT2D eigenvalue weighted by molar-refractivity contribution is -0.159. The largest absolute Gasteiger partial charge is 0.481 e. The third kappa shape index (κ3) is 2.76. The Bertz CT molecular complexity index is 573. The molecule has 6 heteroatoms. The molecular weight excluding hydrogens is 296 g/mol. The molecule has 0 saturated carbocycles. The average Bonchev–Trinajstić information content (AvgIpc) is 3.05. The van der Waals surface area contributed by atoms with Crippen LogP contribution in [0, 0.1) is 11.8 Å². The van der Waals surface area contributed by atoms with Crippen LogP contribution in [0.2, 0.25) is 5.02 Å². The van der Waals surface area contributed by atoms with E-state index < -0.39 is 23.8 Å². The highest BCUT2D eigenvalue weighted by molar-refractivity contribution is 6.30. The molecule has 1 N–H and O–H groups in total. The van der Waals surface area contributed by atoms with Gasteiger partial charge in [0, 0.05) is 5.02 Å². The first-order valence-electron chi connectivity index (χ1n) is 6.85. The van der Waals surface area contributed by atoms with Gasteiger partial charge in [0.25, 0.3) is 0 Å². The number of carbonyl (C=O) groups excluding carboxylic acids is 1. The van der Waals surface area contributed by atoms with Gasteiger partial charge in [0.05, 0.1) is 24.0 Å². The molecule has 2 fully saturated rings. The zero-order chi connectivity index (χ0) is 15.0. The molecule has 2 unspecified atom stereocenters.